The Morgan fingerprint density at radius 3 is 2.61 bits per heavy atom. The summed E-state index contributed by atoms with van der Waals surface area (Å²) in [7, 11) is 0. The molecule has 2 rings (SSSR count). The van der Waals surface area contributed by atoms with Crippen molar-refractivity contribution in [2.75, 3.05) is 6.54 Å². The van der Waals surface area contributed by atoms with Gasteiger partial charge in [0.05, 0.1) is 6.10 Å². The van der Waals surface area contributed by atoms with Crippen LogP contribution in [0.3, 0.4) is 0 Å². The van der Waals surface area contributed by atoms with Gasteiger partial charge in [0.25, 0.3) is 0 Å². The number of hydrogen-bond acceptors (Lipinski definition) is 3. The van der Waals surface area contributed by atoms with E-state index in [0.717, 1.165) is 51.5 Å². The number of aliphatic hydroxyl groups excluding tert-OH is 1. The number of hydrogen-bond donors (Lipinski definition) is 2. The first kappa shape index (κ1) is 13.8. The lowest BCUT2D eigenvalue weighted by atomic mass is 9.84. The molecule has 0 aromatic heterocycles. The highest BCUT2D eigenvalue weighted by Gasteiger charge is 2.39. The van der Waals surface area contributed by atoms with Crippen LogP contribution < -0.4 is 0 Å². The number of carboxylic acids is 1. The van der Waals surface area contributed by atoms with E-state index in [2.05, 4.69) is 11.8 Å². The van der Waals surface area contributed by atoms with E-state index < -0.39 is 5.97 Å². The number of aliphatic carboxylic acids is 1. The summed E-state index contributed by atoms with van der Waals surface area (Å²) in [5.41, 5.74) is 0. The van der Waals surface area contributed by atoms with Gasteiger partial charge in [-0.15, -0.1) is 0 Å². The van der Waals surface area contributed by atoms with Gasteiger partial charge in [-0.2, -0.15) is 0 Å². The third-order valence-electron chi connectivity index (χ3n) is 4.73. The average molecular weight is 255 g/mol. The number of rotatable bonds is 3. The summed E-state index contributed by atoms with van der Waals surface area (Å²) in [4.78, 5) is 13.5. The van der Waals surface area contributed by atoms with Crippen LogP contribution in [-0.4, -0.2) is 45.8 Å². The summed E-state index contributed by atoms with van der Waals surface area (Å²) < 4.78 is 0. The van der Waals surface area contributed by atoms with E-state index in [0.29, 0.717) is 5.92 Å². The third kappa shape index (κ3) is 2.86. The van der Waals surface area contributed by atoms with E-state index in [1.807, 2.05) is 0 Å². The van der Waals surface area contributed by atoms with Gasteiger partial charge in [-0.05, 0) is 38.1 Å². The van der Waals surface area contributed by atoms with Gasteiger partial charge in [0.1, 0.15) is 6.04 Å². The zero-order valence-corrected chi connectivity index (χ0v) is 11.2. The number of aliphatic hydroxyl groups is 1. The quantitative estimate of drug-likeness (QED) is 0.808. The first-order valence-electron chi connectivity index (χ1n) is 7.30. The Balaban J connectivity index is 2.07. The van der Waals surface area contributed by atoms with E-state index >= 15 is 0 Å². The Hall–Kier alpha value is -0.610. The van der Waals surface area contributed by atoms with Crippen molar-refractivity contribution in [1.29, 1.82) is 0 Å². The van der Waals surface area contributed by atoms with Crippen LogP contribution in [-0.2, 0) is 4.79 Å². The van der Waals surface area contributed by atoms with Crippen molar-refractivity contribution >= 4 is 5.97 Å². The molecule has 1 heterocycles. The smallest absolute Gasteiger partial charge is 0.320 e. The minimum absolute atomic E-state index is 0.0673. The number of carboxylic acid groups (broad SMARTS) is 1. The van der Waals surface area contributed by atoms with Gasteiger partial charge < -0.3 is 10.2 Å². The highest BCUT2D eigenvalue weighted by Crippen LogP contribution is 2.32. The molecule has 2 N–H and O–H groups in total. The molecule has 1 saturated carbocycles. The lowest BCUT2D eigenvalue weighted by molar-refractivity contribution is -0.149. The van der Waals surface area contributed by atoms with Crippen molar-refractivity contribution in [3.05, 3.63) is 0 Å². The number of carbonyl (C=O) groups is 1. The van der Waals surface area contributed by atoms with Crippen LogP contribution in [0.25, 0.3) is 0 Å². The van der Waals surface area contributed by atoms with E-state index in [9.17, 15) is 15.0 Å². The molecule has 0 aromatic rings. The van der Waals surface area contributed by atoms with Crippen molar-refractivity contribution in [1.82, 2.24) is 4.90 Å². The highest BCUT2D eigenvalue weighted by molar-refractivity contribution is 5.73. The topological polar surface area (TPSA) is 60.8 Å². The van der Waals surface area contributed by atoms with Gasteiger partial charge in [0.2, 0.25) is 0 Å². The summed E-state index contributed by atoms with van der Waals surface area (Å²) >= 11 is 0. The molecule has 0 spiro atoms. The Bertz CT molecular complexity index is 295. The Morgan fingerprint density at radius 1 is 1.28 bits per heavy atom. The summed E-state index contributed by atoms with van der Waals surface area (Å²) in [6.45, 7) is 2.96. The maximum atomic E-state index is 11.5. The first-order valence-corrected chi connectivity index (χ1v) is 7.30. The standard InChI is InChI=1S/C14H25NO3/c1-2-10-7-8-15(12(9-10)14(17)18)11-5-3-4-6-13(11)16/h10-13,16H,2-9H2,1H3,(H,17,18). The van der Waals surface area contributed by atoms with E-state index in [4.69, 9.17) is 0 Å². The Kier molecular flexibility index (Phi) is 4.62. The van der Waals surface area contributed by atoms with Crippen molar-refractivity contribution in [3.8, 4) is 0 Å². The van der Waals surface area contributed by atoms with Gasteiger partial charge >= 0.3 is 5.97 Å². The maximum absolute atomic E-state index is 11.5. The van der Waals surface area contributed by atoms with E-state index in [-0.39, 0.29) is 18.2 Å². The predicted molar refractivity (Wildman–Crippen MR) is 69.4 cm³/mol. The van der Waals surface area contributed by atoms with Gasteiger partial charge in [-0.3, -0.25) is 9.69 Å². The van der Waals surface area contributed by atoms with Gasteiger partial charge in [0, 0.05) is 6.04 Å². The molecule has 1 saturated heterocycles. The van der Waals surface area contributed by atoms with Crippen molar-refractivity contribution in [2.45, 2.75) is 70.1 Å². The number of nitrogens with zero attached hydrogens (tertiary/aromatic N) is 1. The second-order valence-corrected chi connectivity index (χ2v) is 5.81. The monoisotopic (exact) mass is 255 g/mol. The molecule has 1 aliphatic heterocycles. The van der Waals surface area contributed by atoms with E-state index in [1.54, 1.807) is 0 Å². The number of piperidine rings is 1. The van der Waals surface area contributed by atoms with Crippen LogP contribution >= 0.6 is 0 Å². The molecule has 4 nitrogen and oxygen atoms in total. The van der Waals surface area contributed by atoms with Gasteiger partial charge in [-0.1, -0.05) is 26.2 Å². The highest BCUT2D eigenvalue weighted by atomic mass is 16.4. The maximum Gasteiger partial charge on any atom is 0.320 e. The second kappa shape index (κ2) is 6.02. The van der Waals surface area contributed by atoms with Crippen LogP contribution in [0, 0.1) is 5.92 Å². The first-order chi connectivity index (χ1) is 8.63. The Labute approximate surface area is 109 Å². The summed E-state index contributed by atoms with van der Waals surface area (Å²) in [5, 5.41) is 19.5. The zero-order valence-electron chi connectivity index (χ0n) is 11.2. The SMILES string of the molecule is CCC1CCN(C2CCCCC2O)C(C(=O)O)C1. The minimum Gasteiger partial charge on any atom is -0.480 e. The normalized spacial score (nSPS) is 38.6. The molecule has 104 valence electrons. The molecule has 4 heteroatoms. The third-order valence-corrected chi connectivity index (χ3v) is 4.73. The predicted octanol–water partition coefficient (Wildman–Crippen LogP) is 1.87. The van der Waals surface area contributed by atoms with Crippen LogP contribution in [0.1, 0.15) is 51.9 Å². The van der Waals surface area contributed by atoms with Crippen LogP contribution in [0.4, 0.5) is 0 Å². The zero-order chi connectivity index (χ0) is 13.1. The molecule has 2 aliphatic rings. The summed E-state index contributed by atoms with van der Waals surface area (Å²) in [6.07, 6.45) is 6.50. The van der Waals surface area contributed by atoms with Crippen LogP contribution in [0.5, 0.6) is 0 Å². The fraction of sp³-hybridized carbons (Fsp3) is 0.929. The second-order valence-electron chi connectivity index (χ2n) is 5.81. The van der Waals surface area contributed by atoms with E-state index in [1.165, 1.54) is 0 Å². The van der Waals surface area contributed by atoms with Crippen LogP contribution in [0.2, 0.25) is 0 Å². The molecule has 2 fully saturated rings. The fourth-order valence-electron chi connectivity index (χ4n) is 3.55. The molecule has 0 amide bonds. The summed E-state index contributed by atoms with van der Waals surface area (Å²) in [6, 6.07) is -0.320. The number of likely N-dealkylation sites (tertiary alicyclic amines) is 1. The molecule has 0 bridgehead atoms. The molecule has 18 heavy (non-hydrogen) atoms. The van der Waals surface area contributed by atoms with Crippen molar-refractivity contribution < 1.29 is 15.0 Å². The lowest BCUT2D eigenvalue weighted by Crippen LogP contribution is -2.56. The van der Waals surface area contributed by atoms with Gasteiger partial charge in [0.15, 0.2) is 0 Å². The molecule has 0 aromatic carbocycles. The average Bonchev–Trinajstić information content (AvgIpc) is 2.38. The molecular weight excluding hydrogens is 230 g/mol. The van der Waals surface area contributed by atoms with Crippen molar-refractivity contribution in [3.63, 3.8) is 0 Å². The molecular formula is C14H25NO3. The molecule has 4 atom stereocenters. The summed E-state index contributed by atoms with van der Waals surface area (Å²) in [5.74, 6) is -0.186. The van der Waals surface area contributed by atoms with Gasteiger partial charge in [-0.25, -0.2) is 0 Å². The lowest BCUT2D eigenvalue weighted by Gasteiger charge is -2.45. The van der Waals surface area contributed by atoms with Crippen molar-refractivity contribution in [2.24, 2.45) is 5.92 Å². The van der Waals surface area contributed by atoms with Crippen LogP contribution in [0.15, 0.2) is 0 Å². The Morgan fingerprint density at radius 2 is 2.00 bits per heavy atom. The molecule has 4 unspecified atom stereocenters. The molecule has 1 aliphatic carbocycles. The fourth-order valence-corrected chi connectivity index (χ4v) is 3.55. The largest absolute Gasteiger partial charge is 0.480 e. The minimum atomic E-state index is -0.717. The molecule has 0 radical (unpaired) electrons.